The number of nitrogens with one attached hydrogen (secondary N) is 2. The number of thiophene rings is 1. The van der Waals surface area contributed by atoms with Crippen molar-refractivity contribution in [2.45, 2.75) is 20.4 Å². The van der Waals surface area contributed by atoms with Crippen LogP contribution in [0, 0.1) is 13.8 Å². The van der Waals surface area contributed by atoms with Crippen molar-refractivity contribution in [1.82, 2.24) is 24.6 Å². The largest absolute Gasteiger partial charge is 0.327 e. The van der Waals surface area contributed by atoms with Crippen LogP contribution >= 0.6 is 11.3 Å². The van der Waals surface area contributed by atoms with Gasteiger partial charge in [-0.25, -0.2) is 4.98 Å². The van der Waals surface area contributed by atoms with E-state index in [0.29, 0.717) is 30.6 Å². The first-order chi connectivity index (χ1) is 12.9. The Kier molecular flexibility index (Phi) is 4.56. The van der Waals surface area contributed by atoms with Gasteiger partial charge in [0, 0.05) is 18.1 Å². The molecular formula is C18H23N6O2S+. The lowest BCUT2D eigenvalue weighted by atomic mass is 10.2. The van der Waals surface area contributed by atoms with Crippen molar-refractivity contribution < 1.29 is 9.69 Å². The summed E-state index contributed by atoms with van der Waals surface area (Å²) in [6, 6.07) is 0. The number of carbonyl (C=O) groups is 1. The van der Waals surface area contributed by atoms with E-state index in [1.165, 1.54) is 4.90 Å². The van der Waals surface area contributed by atoms with Crippen molar-refractivity contribution in [1.29, 1.82) is 0 Å². The summed E-state index contributed by atoms with van der Waals surface area (Å²) in [6.07, 6.45) is 3.35. The van der Waals surface area contributed by atoms with Gasteiger partial charge in [0.05, 0.1) is 43.3 Å². The fourth-order valence-corrected chi connectivity index (χ4v) is 4.59. The topological polar surface area (TPSA) is 88.3 Å². The maximum atomic E-state index is 12.5. The molecule has 1 saturated heterocycles. The van der Waals surface area contributed by atoms with Crippen molar-refractivity contribution >= 4 is 27.5 Å². The highest BCUT2D eigenvalue weighted by molar-refractivity contribution is 7.18. The van der Waals surface area contributed by atoms with Crippen LogP contribution in [0.5, 0.6) is 0 Å². The fraction of sp³-hybridized carbons (Fsp3) is 0.444. The van der Waals surface area contributed by atoms with Crippen molar-refractivity contribution in [3.63, 3.8) is 0 Å². The number of hydrogen-bond acceptors (Lipinski definition) is 5. The summed E-state index contributed by atoms with van der Waals surface area (Å²) in [4.78, 5) is 37.7. The Labute approximate surface area is 160 Å². The second kappa shape index (κ2) is 6.90. The van der Waals surface area contributed by atoms with Crippen molar-refractivity contribution in [2.75, 3.05) is 26.2 Å². The lowest BCUT2D eigenvalue weighted by Crippen LogP contribution is -3.13. The molecule has 142 valence electrons. The average Bonchev–Trinajstić information content (AvgIpc) is 3.19. The van der Waals surface area contributed by atoms with Gasteiger partial charge in [-0.1, -0.05) is 0 Å². The number of hydrogen-bond donors (Lipinski definition) is 2. The third kappa shape index (κ3) is 3.40. The molecule has 1 aliphatic heterocycles. The third-order valence-electron chi connectivity index (χ3n) is 5.22. The average molecular weight is 387 g/mol. The van der Waals surface area contributed by atoms with Gasteiger partial charge < -0.3 is 14.8 Å². The summed E-state index contributed by atoms with van der Waals surface area (Å²) < 4.78 is 1.64. The molecule has 27 heavy (non-hydrogen) atoms. The van der Waals surface area contributed by atoms with E-state index in [0.717, 1.165) is 34.2 Å². The molecule has 3 aromatic heterocycles. The first kappa shape index (κ1) is 17.9. The van der Waals surface area contributed by atoms with Crippen LogP contribution in [-0.2, 0) is 13.6 Å². The molecule has 4 heterocycles. The van der Waals surface area contributed by atoms with Crippen LogP contribution in [0.1, 0.15) is 26.6 Å². The number of aromatic amines is 1. The minimum absolute atomic E-state index is 0.0274. The van der Waals surface area contributed by atoms with Crippen LogP contribution in [0.15, 0.2) is 17.2 Å². The van der Waals surface area contributed by atoms with E-state index in [4.69, 9.17) is 0 Å². The number of rotatable bonds is 3. The van der Waals surface area contributed by atoms with Gasteiger partial charge in [-0.3, -0.25) is 14.3 Å². The van der Waals surface area contributed by atoms with Crippen LogP contribution in [0.4, 0.5) is 0 Å². The zero-order valence-corrected chi connectivity index (χ0v) is 16.5. The molecule has 0 spiro atoms. The van der Waals surface area contributed by atoms with Gasteiger partial charge in [0.25, 0.3) is 11.5 Å². The molecule has 0 bridgehead atoms. The minimum atomic E-state index is -0.0540. The zero-order chi connectivity index (χ0) is 19.1. The highest BCUT2D eigenvalue weighted by Crippen LogP contribution is 2.25. The monoisotopic (exact) mass is 387 g/mol. The van der Waals surface area contributed by atoms with Gasteiger partial charge in [0.1, 0.15) is 11.4 Å². The Bertz CT molecular complexity index is 1060. The molecule has 1 amide bonds. The zero-order valence-electron chi connectivity index (χ0n) is 15.7. The third-order valence-corrected chi connectivity index (χ3v) is 6.32. The van der Waals surface area contributed by atoms with E-state index in [-0.39, 0.29) is 11.5 Å². The molecule has 1 fully saturated rings. The minimum Gasteiger partial charge on any atom is -0.327 e. The van der Waals surface area contributed by atoms with Crippen molar-refractivity contribution in [3.8, 4) is 0 Å². The predicted molar refractivity (Wildman–Crippen MR) is 103 cm³/mol. The first-order valence-electron chi connectivity index (χ1n) is 9.02. The van der Waals surface area contributed by atoms with Crippen LogP contribution < -0.4 is 10.5 Å². The number of carbonyl (C=O) groups excluding carboxylic acids is 1. The number of H-pyrrole nitrogens is 1. The Hall–Kier alpha value is -2.52. The molecule has 2 N–H and O–H groups in total. The molecule has 1 aliphatic rings. The highest BCUT2D eigenvalue weighted by atomic mass is 32.1. The molecule has 0 saturated carbocycles. The van der Waals surface area contributed by atoms with Crippen molar-refractivity contribution in [3.05, 3.63) is 44.6 Å². The molecule has 0 atom stereocenters. The normalized spacial score (nSPS) is 15.6. The number of nitrogens with zero attached hydrogens (tertiary/aromatic N) is 4. The number of aryl methyl sites for hydroxylation is 3. The number of fused-ring (bicyclic) bond motifs is 1. The Morgan fingerprint density at radius 3 is 2.74 bits per heavy atom. The standard InChI is InChI=1S/C18H22N6O2S/c1-11-12(2)27-17-15(11)16(25)20-14(21-17)10-23-4-6-24(7-5-23)18(26)13-8-19-22(3)9-13/h8-9H,4-7,10H2,1-3H3,(H,20,21,25)/p+1. The Morgan fingerprint density at radius 1 is 1.33 bits per heavy atom. The number of amides is 1. The van der Waals surface area contributed by atoms with Gasteiger partial charge in [-0.2, -0.15) is 5.10 Å². The van der Waals surface area contributed by atoms with Crippen LogP contribution in [0.2, 0.25) is 0 Å². The molecule has 4 rings (SSSR count). The summed E-state index contributed by atoms with van der Waals surface area (Å²) in [5, 5.41) is 4.78. The number of quaternary nitrogens is 1. The summed E-state index contributed by atoms with van der Waals surface area (Å²) in [6.45, 7) is 7.68. The predicted octanol–water partition coefficient (Wildman–Crippen LogP) is -0.124. The molecule has 9 heteroatoms. The number of piperazine rings is 1. The molecular weight excluding hydrogens is 364 g/mol. The summed E-state index contributed by atoms with van der Waals surface area (Å²) in [7, 11) is 1.81. The Morgan fingerprint density at radius 2 is 2.07 bits per heavy atom. The molecule has 0 aliphatic carbocycles. The van der Waals surface area contributed by atoms with E-state index >= 15 is 0 Å². The SMILES string of the molecule is Cc1sc2nc(C[NH+]3CCN(C(=O)c4cnn(C)c4)CC3)[nH]c(=O)c2c1C. The molecule has 0 aromatic carbocycles. The second-order valence-corrected chi connectivity index (χ2v) is 8.30. The number of aromatic nitrogens is 4. The fourth-order valence-electron chi connectivity index (χ4n) is 3.54. The Balaban J connectivity index is 1.43. The van der Waals surface area contributed by atoms with E-state index in [1.54, 1.807) is 35.5 Å². The van der Waals surface area contributed by atoms with Crippen molar-refractivity contribution in [2.24, 2.45) is 7.05 Å². The highest BCUT2D eigenvalue weighted by Gasteiger charge is 2.26. The van der Waals surface area contributed by atoms with E-state index < -0.39 is 0 Å². The second-order valence-electron chi connectivity index (χ2n) is 7.10. The first-order valence-corrected chi connectivity index (χ1v) is 9.84. The van der Waals surface area contributed by atoms with Crippen LogP contribution in [0.3, 0.4) is 0 Å². The van der Waals surface area contributed by atoms with Gasteiger partial charge in [0.15, 0.2) is 5.82 Å². The van der Waals surface area contributed by atoms with E-state index in [2.05, 4.69) is 15.1 Å². The van der Waals surface area contributed by atoms with Gasteiger partial charge >= 0.3 is 0 Å². The lowest BCUT2D eigenvalue weighted by molar-refractivity contribution is -0.918. The maximum absolute atomic E-state index is 12.5. The van der Waals surface area contributed by atoms with Crippen LogP contribution in [0.25, 0.3) is 10.2 Å². The molecule has 0 unspecified atom stereocenters. The summed E-state index contributed by atoms with van der Waals surface area (Å²) in [5.74, 6) is 0.746. The van der Waals surface area contributed by atoms with Gasteiger partial charge in [-0.05, 0) is 19.4 Å². The van der Waals surface area contributed by atoms with E-state index in [1.807, 2.05) is 18.7 Å². The molecule has 0 radical (unpaired) electrons. The lowest BCUT2D eigenvalue weighted by Gasteiger charge is -2.31. The smallest absolute Gasteiger partial charge is 0.260 e. The maximum Gasteiger partial charge on any atom is 0.260 e. The summed E-state index contributed by atoms with van der Waals surface area (Å²) in [5.41, 5.74) is 1.59. The molecule has 8 nitrogen and oxygen atoms in total. The van der Waals surface area contributed by atoms with E-state index in [9.17, 15) is 9.59 Å². The summed E-state index contributed by atoms with van der Waals surface area (Å²) >= 11 is 1.57. The van der Waals surface area contributed by atoms with Gasteiger partial charge in [0.2, 0.25) is 0 Å². The van der Waals surface area contributed by atoms with Gasteiger partial charge in [-0.15, -0.1) is 11.3 Å². The quantitative estimate of drug-likeness (QED) is 0.656. The molecule has 3 aromatic rings. The van der Waals surface area contributed by atoms with Crippen LogP contribution in [-0.4, -0.2) is 56.7 Å².